The van der Waals surface area contributed by atoms with Crippen LogP contribution in [-0.4, -0.2) is 14.9 Å². The predicted molar refractivity (Wildman–Crippen MR) is 81.5 cm³/mol. The summed E-state index contributed by atoms with van der Waals surface area (Å²) in [5.74, 6) is 5.53. The van der Waals surface area contributed by atoms with Gasteiger partial charge < -0.3 is 4.43 Å². The van der Waals surface area contributed by atoms with Gasteiger partial charge in [-0.15, -0.1) is 0 Å². The van der Waals surface area contributed by atoms with E-state index in [4.69, 9.17) is 4.43 Å². The van der Waals surface area contributed by atoms with Gasteiger partial charge in [0.15, 0.2) is 8.32 Å². The molecule has 0 aliphatic heterocycles. The molecule has 0 unspecified atom stereocenters. The summed E-state index contributed by atoms with van der Waals surface area (Å²) in [6.07, 6.45) is -4.34. The van der Waals surface area contributed by atoms with Gasteiger partial charge in [0.1, 0.15) is 0 Å². The first kappa shape index (κ1) is 17.8. The van der Waals surface area contributed by atoms with Crippen LogP contribution in [0.5, 0.6) is 0 Å². The van der Waals surface area contributed by atoms with E-state index in [0.717, 1.165) is 12.1 Å². The Bertz CT molecular complexity index is 545. The van der Waals surface area contributed by atoms with Crippen molar-refractivity contribution in [3.8, 4) is 11.8 Å². The van der Waals surface area contributed by atoms with Crippen molar-refractivity contribution in [1.82, 2.24) is 0 Å². The van der Waals surface area contributed by atoms with Crippen molar-refractivity contribution in [2.45, 2.75) is 45.1 Å². The molecule has 0 aromatic heterocycles. The Labute approximate surface area is 125 Å². The molecular weight excluding hydrogens is 293 g/mol. The molecule has 5 heteroatoms. The molecule has 21 heavy (non-hydrogen) atoms. The zero-order chi connectivity index (χ0) is 16.3. The third kappa shape index (κ3) is 5.22. The van der Waals surface area contributed by atoms with Gasteiger partial charge in [0, 0.05) is 5.56 Å². The molecule has 0 saturated carbocycles. The predicted octanol–water partition coefficient (Wildman–Crippen LogP) is 5.08. The van der Waals surface area contributed by atoms with Crippen LogP contribution in [-0.2, 0) is 10.6 Å². The Kier molecular flexibility index (Phi) is 5.29. The number of alkyl halides is 3. The van der Waals surface area contributed by atoms with Crippen LogP contribution >= 0.6 is 0 Å². The van der Waals surface area contributed by atoms with Crippen LogP contribution in [0.25, 0.3) is 0 Å². The number of hydrogen-bond acceptors (Lipinski definition) is 1. The normalized spacial score (nSPS) is 12.8. The van der Waals surface area contributed by atoms with Gasteiger partial charge in [-0.3, -0.25) is 0 Å². The fourth-order valence-corrected chi connectivity index (χ4v) is 2.21. The maximum Gasteiger partial charge on any atom is 0.416 e. The standard InChI is InChI=1S/C16H21F3OSi/c1-15(2,3)21(4,5)20-11-7-9-13-8-6-10-14(12-13)16(17,18)19/h6,8,10,12H,11H2,1-5H3. The van der Waals surface area contributed by atoms with Gasteiger partial charge in [0.2, 0.25) is 0 Å². The van der Waals surface area contributed by atoms with Crippen molar-refractivity contribution in [3.63, 3.8) is 0 Å². The highest BCUT2D eigenvalue weighted by molar-refractivity contribution is 6.74. The molecule has 1 aromatic rings. The molecule has 116 valence electrons. The summed E-state index contributed by atoms with van der Waals surface area (Å²) in [5, 5.41) is 0.0882. The molecule has 0 aliphatic rings. The molecule has 1 rings (SSSR count). The first-order chi connectivity index (χ1) is 9.43. The number of hydrogen-bond donors (Lipinski definition) is 0. The Morgan fingerprint density at radius 2 is 1.76 bits per heavy atom. The summed E-state index contributed by atoms with van der Waals surface area (Å²) >= 11 is 0. The summed E-state index contributed by atoms with van der Waals surface area (Å²) in [5.41, 5.74) is -0.330. The maximum absolute atomic E-state index is 12.6. The molecule has 0 saturated heterocycles. The Hall–Kier alpha value is -1.25. The zero-order valence-corrected chi connectivity index (χ0v) is 14.1. The average Bonchev–Trinajstić information content (AvgIpc) is 2.32. The maximum atomic E-state index is 12.6. The Morgan fingerprint density at radius 3 is 2.29 bits per heavy atom. The molecule has 0 amide bonds. The van der Waals surface area contributed by atoms with Gasteiger partial charge >= 0.3 is 6.18 Å². The SMILES string of the molecule is CC(C)(C)[Si](C)(C)OCC#Cc1cccc(C(F)(F)F)c1. The van der Waals surface area contributed by atoms with Crippen LogP contribution in [0.15, 0.2) is 24.3 Å². The largest absolute Gasteiger partial charge is 0.416 e. The molecule has 1 nitrogen and oxygen atoms in total. The molecule has 1 aromatic carbocycles. The highest BCUT2D eigenvalue weighted by Gasteiger charge is 2.36. The van der Waals surface area contributed by atoms with E-state index in [0.29, 0.717) is 5.56 Å². The van der Waals surface area contributed by atoms with E-state index >= 15 is 0 Å². The van der Waals surface area contributed by atoms with Crippen LogP contribution in [0.4, 0.5) is 13.2 Å². The van der Waals surface area contributed by atoms with Gasteiger partial charge in [-0.05, 0) is 36.3 Å². The summed E-state index contributed by atoms with van der Waals surface area (Å²) in [4.78, 5) is 0. The lowest BCUT2D eigenvalue weighted by atomic mass is 10.1. The van der Waals surface area contributed by atoms with Crippen LogP contribution in [0.3, 0.4) is 0 Å². The minimum absolute atomic E-state index is 0.0882. The number of benzene rings is 1. The van der Waals surface area contributed by atoms with Crippen LogP contribution < -0.4 is 0 Å². The zero-order valence-electron chi connectivity index (χ0n) is 13.1. The van der Waals surface area contributed by atoms with Crippen molar-refractivity contribution in [1.29, 1.82) is 0 Å². The smallest absolute Gasteiger partial charge is 0.406 e. The highest BCUT2D eigenvalue weighted by atomic mass is 28.4. The second-order valence-electron chi connectivity index (χ2n) is 6.43. The third-order valence-corrected chi connectivity index (χ3v) is 8.21. The fourth-order valence-electron chi connectivity index (χ4n) is 1.34. The molecule has 0 bridgehead atoms. The summed E-state index contributed by atoms with van der Waals surface area (Å²) in [6, 6.07) is 5.02. The summed E-state index contributed by atoms with van der Waals surface area (Å²) < 4.78 is 43.6. The Morgan fingerprint density at radius 1 is 1.14 bits per heavy atom. The second-order valence-corrected chi connectivity index (χ2v) is 11.2. The Balaban J connectivity index is 2.73. The lowest BCUT2D eigenvalue weighted by Crippen LogP contribution is -2.40. The van der Waals surface area contributed by atoms with Gasteiger partial charge in [0.05, 0.1) is 12.2 Å². The molecule has 0 fully saturated rings. The molecule has 0 aliphatic carbocycles. The third-order valence-electron chi connectivity index (χ3n) is 3.73. The highest BCUT2D eigenvalue weighted by Crippen LogP contribution is 2.36. The van der Waals surface area contributed by atoms with Gasteiger partial charge in [-0.25, -0.2) is 0 Å². The van der Waals surface area contributed by atoms with E-state index in [9.17, 15) is 13.2 Å². The topological polar surface area (TPSA) is 9.23 Å². The van der Waals surface area contributed by atoms with Crippen molar-refractivity contribution in [2.75, 3.05) is 6.61 Å². The monoisotopic (exact) mass is 314 g/mol. The number of halogens is 3. The average molecular weight is 314 g/mol. The molecule has 0 spiro atoms. The molecular formula is C16H21F3OSi. The minimum Gasteiger partial charge on any atom is -0.406 e. The number of rotatable bonds is 2. The first-order valence-electron chi connectivity index (χ1n) is 6.73. The van der Waals surface area contributed by atoms with Gasteiger partial charge in [0.25, 0.3) is 0 Å². The lowest BCUT2D eigenvalue weighted by molar-refractivity contribution is -0.137. The first-order valence-corrected chi connectivity index (χ1v) is 9.64. The van der Waals surface area contributed by atoms with Crippen molar-refractivity contribution >= 4 is 8.32 Å². The van der Waals surface area contributed by atoms with E-state index in [1.807, 2.05) is 0 Å². The van der Waals surface area contributed by atoms with Crippen LogP contribution in [0.1, 0.15) is 31.9 Å². The van der Waals surface area contributed by atoms with E-state index < -0.39 is 20.1 Å². The van der Waals surface area contributed by atoms with Crippen molar-refractivity contribution in [3.05, 3.63) is 35.4 Å². The molecule has 0 atom stereocenters. The van der Waals surface area contributed by atoms with Gasteiger partial charge in [-0.2, -0.15) is 13.2 Å². The van der Waals surface area contributed by atoms with E-state index in [2.05, 4.69) is 45.7 Å². The summed E-state index contributed by atoms with van der Waals surface area (Å²) in [6.45, 7) is 10.8. The second kappa shape index (κ2) is 6.25. The molecule has 0 heterocycles. The summed E-state index contributed by atoms with van der Waals surface area (Å²) in [7, 11) is -1.87. The van der Waals surface area contributed by atoms with Crippen molar-refractivity contribution < 1.29 is 17.6 Å². The lowest BCUT2D eigenvalue weighted by Gasteiger charge is -2.35. The fraction of sp³-hybridized carbons (Fsp3) is 0.500. The van der Waals surface area contributed by atoms with Crippen LogP contribution in [0, 0.1) is 11.8 Å². The van der Waals surface area contributed by atoms with Crippen molar-refractivity contribution in [2.24, 2.45) is 0 Å². The van der Waals surface area contributed by atoms with Gasteiger partial charge in [-0.1, -0.05) is 38.7 Å². The minimum atomic E-state index is -4.34. The van der Waals surface area contributed by atoms with E-state index in [1.165, 1.54) is 6.07 Å². The van der Waals surface area contributed by atoms with E-state index in [-0.39, 0.29) is 11.6 Å². The quantitative estimate of drug-likeness (QED) is 0.546. The van der Waals surface area contributed by atoms with Crippen LogP contribution in [0.2, 0.25) is 18.1 Å². The van der Waals surface area contributed by atoms with E-state index in [1.54, 1.807) is 6.07 Å². The molecule has 0 N–H and O–H groups in total. The molecule has 0 radical (unpaired) electrons.